The van der Waals surface area contributed by atoms with Crippen molar-refractivity contribution >= 4 is 65.1 Å². The van der Waals surface area contributed by atoms with Gasteiger partial charge in [-0.15, -0.1) is 11.3 Å². The second kappa shape index (κ2) is 11.7. The molecule has 10 rings (SSSR count). The van der Waals surface area contributed by atoms with E-state index in [9.17, 15) is 0 Å². The highest BCUT2D eigenvalue weighted by Crippen LogP contribution is 2.42. The summed E-state index contributed by atoms with van der Waals surface area (Å²) in [7, 11) is 0. The predicted octanol–water partition coefficient (Wildman–Crippen LogP) is 11.4. The van der Waals surface area contributed by atoms with Crippen molar-refractivity contribution in [2.24, 2.45) is 9.98 Å². The van der Waals surface area contributed by atoms with E-state index in [4.69, 9.17) is 9.98 Å². The van der Waals surface area contributed by atoms with E-state index in [1.807, 2.05) is 23.5 Å². The lowest BCUT2D eigenvalue weighted by Gasteiger charge is -2.25. The molecule has 1 aliphatic rings. The lowest BCUT2D eigenvalue weighted by Crippen LogP contribution is -2.37. The van der Waals surface area contributed by atoms with Crippen molar-refractivity contribution in [1.82, 2.24) is 9.88 Å². The van der Waals surface area contributed by atoms with Crippen LogP contribution in [0.3, 0.4) is 0 Å². The molecule has 9 aromatic rings. The standard InChI is InChI=1S/C45H30N4S/c1-3-11-29(12-4-1)31-19-23-33(24-20-31)43-46-44(34-25-21-32(22-26-34)30-13-5-2-6-14-30)48-45(47-43)49-38-17-9-7-16-37(38)41-39(49)28-27-36-35-15-8-10-18-40(35)50-42(36)41/h1-28,43H,(H,46,47,48). The Hall–Kier alpha value is -6.30. The number of nitrogens with one attached hydrogen (secondary N) is 1. The van der Waals surface area contributed by atoms with E-state index in [1.54, 1.807) is 0 Å². The van der Waals surface area contributed by atoms with Crippen molar-refractivity contribution in [2.75, 3.05) is 0 Å². The van der Waals surface area contributed by atoms with Gasteiger partial charge in [0.05, 0.1) is 11.0 Å². The molecule has 0 spiro atoms. The zero-order chi connectivity index (χ0) is 33.0. The number of hydrogen-bond donors (Lipinski definition) is 1. The number of fused-ring (bicyclic) bond motifs is 7. The zero-order valence-electron chi connectivity index (χ0n) is 27.0. The SMILES string of the molecule is c1ccc(-c2ccc(C3=NC(c4ccc(-c5ccccc5)cc4)NC(n4c5ccccc5c5c6sc7ccccc7c6ccc54)=N3)cc2)cc1. The molecule has 0 fully saturated rings. The van der Waals surface area contributed by atoms with Crippen LogP contribution >= 0.6 is 11.3 Å². The summed E-state index contributed by atoms with van der Waals surface area (Å²) in [6.07, 6.45) is -0.333. The van der Waals surface area contributed by atoms with Crippen molar-refractivity contribution in [3.8, 4) is 22.3 Å². The number of aliphatic imine (C=N–C) groups is 2. The molecule has 50 heavy (non-hydrogen) atoms. The first kappa shape index (κ1) is 28.7. The van der Waals surface area contributed by atoms with Crippen LogP contribution in [0.5, 0.6) is 0 Å². The highest BCUT2D eigenvalue weighted by molar-refractivity contribution is 7.26. The summed E-state index contributed by atoms with van der Waals surface area (Å²) in [5, 5.41) is 8.81. The van der Waals surface area contributed by atoms with Crippen LogP contribution in [-0.2, 0) is 0 Å². The van der Waals surface area contributed by atoms with Gasteiger partial charge in [0, 0.05) is 36.5 Å². The lowest BCUT2D eigenvalue weighted by atomic mass is 10.0. The summed E-state index contributed by atoms with van der Waals surface area (Å²) in [4.78, 5) is 10.5. The number of nitrogens with zero attached hydrogens (tertiary/aromatic N) is 3. The van der Waals surface area contributed by atoms with Crippen molar-refractivity contribution in [1.29, 1.82) is 0 Å². The summed E-state index contributed by atoms with van der Waals surface area (Å²) in [5.74, 6) is 1.45. The second-order valence-electron chi connectivity index (χ2n) is 12.7. The molecule has 0 radical (unpaired) electrons. The fourth-order valence-electron chi connectivity index (χ4n) is 7.24. The third-order valence-corrected chi connectivity index (χ3v) is 10.9. The van der Waals surface area contributed by atoms with E-state index < -0.39 is 0 Å². The zero-order valence-corrected chi connectivity index (χ0v) is 27.8. The molecule has 1 N–H and O–H groups in total. The van der Waals surface area contributed by atoms with E-state index in [-0.39, 0.29) is 6.17 Å². The fraction of sp³-hybridized carbons (Fsp3) is 0.0222. The Balaban J connectivity index is 1.14. The fourth-order valence-corrected chi connectivity index (χ4v) is 8.50. The van der Waals surface area contributed by atoms with Gasteiger partial charge in [-0.3, -0.25) is 4.57 Å². The number of thiophene rings is 1. The quantitative estimate of drug-likeness (QED) is 0.201. The molecule has 4 nitrogen and oxygen atoms in total. The first-order valence-electron chi connectivity index (χ1n) is 16.9. The largest absolute Gasteiger partial charge is 0.330 e. The van der Waals surface area contributed by atoms with E-state index in [0.717, 1.165) is 33.7 Å². The molecule has 236 valence electrons. The molecule has 7 aromatic carbocycles. The Kier molecular flexibility index (Phi) is 6.71. The van der Waals surface area contributed by atoms with Gasteiger partial charge in [0.2, 0.25) is 5.96 Å². The third-order valence-electron chi connectivity index (χ3n) is 9.70. The number of rotatable bonds is 4. The first-order chi connectivity index (χ1) is 24.8. The molecule has 1 atom stereocenters. The van der Waals surface area contributed by atoms with Crippen LogP contribution in [0.4, 0.5) is 0 Å². The summed E-state index contributed by atoms with van der Waals surface area (Å²) < 4.78 is 4.88. The topological polar surface area (TPSA) is 41.7 Å². The minimum absolute atomic E-state index is 0.333. The number of hydrogen-bond acceptors (Lipinski definition) is 4. The van der Waals surface area contributed by atoms with Gasteiger partial charge in [-0.1, -0.05) is 152 Å². The van der Waals surface area contributed by atoms with Crippen LogP contribution in [0.1, 0.15) is 17.3 Å². The highest BCUT2D eigenvalue weighted by Gasteiger charge is 2.25. The lowest BCUT2D eigenvalue weighted by molar-refractivity contribution is 0.661. The number of para-hydroxylation sites is 1. The van der Waals surface area contributed by atoms with Gasteiger partial charge in [-0.25, -0.2) is 4.99 Å². The third kappa shape index (κ3) is 4.74. The molecule has 5 heteroatoms. The van der Waals surface area contributed by atoms with Crippen LogP contribution in [0.2, 0.25) is 0 Å². The van der Waals surface area contributed by atoms with Gasteiger partial charge in [0.15, 0.2) is 5.84 Å². The van der Waals surface area contributed by atoms with Crippen LogP contribution in [-0.4, -0.2) is 16.4 Å². The number of benzene rings is 7. The Morgan fingerprint density at radius 3 is 1.78 bits per heavy atom. The minimum atomic E-state index is -0.333. The summed E-state index contributed by atoms with van der Waals surface area (Å²) >= 11 is 1.86. The predicted molar refractivity (Wildman–Crippen MR) is 211 cm³/mol. The molecule has 2 aromatic heterocycles. The molecule has 1 aliphatic heterocycles. The first-order valence-corrected chi connectivity index (χ1v) is 17.7. The van der Waals surface area contributed by atoms with Gasteiger partial charge >= 0.3 is 0 Å². The Labute approximate surface area is 293 Å². The van der Waals surface area contributed by atoms with E-state index in [2.05, 4.69) is 168 Å². The molecule has 0 aliphatic carbocycles. The van der Waals surface area contributed by atoms with Crippen molar-refractivity contribution in [3.63, 3.8) is 0 Å². The van der Waals surface area contributed by atoms with Crippen molar-refractivity contribution < 1.29 is 0 Å². The molecule has 0 amide bonds. The average molecular weight is 659 g/mol. The molecule has 0 saturated carbocycles. The maximum Gasteiger partial charge on any atom is 0.211 e. The van der Waals surface area contributed by atoms with Crippen molar-refractivity contribution in [2.45, 2.75) is 6.17 Å². The van der Waals surface area contributed by atoms with Crippen LogP contribution in [0.15, 0.2) is 180 Å². The average Bonchev–Trinajstić information content (AvgIpc) is 3.74. The minimum Gasteiger partial charge on any atom is -0.330 e. The van der Waals surface area contributed by atoms with Crippen LogP contribution < -0.4 is 5.32 Å². The number of aromatic nitrogens is 1. The number of amidine groups is 1. The smallest absolute Gasteiger partial charge is 0.211 e. The molecular formula is C45H30N4S. The van der Waals surface area contributed by atoms with Gasteiger partial charge < -0.3 is 5.32 Å². The Bertz CT molecular complexity index is 2760. The Morgan fingerprint density at radius 1 is 0.480 bits per heavy atom. The normalized spacial score (nSPS) is 14.6. The van der Waals surface area contributed by atoms with Crippen LogP contribution in [0.25, 0.3) is 64.2 Å². The molecule has 3 heterocycles. The van der Waals surface area contributed by atoms with E-state index in [1.165, 1.54) is 47.6 Å². The molecular weight excluding hydrogens is 629 g/mol. The van der Waals surface area contributed by atoms with Crippen molar-refractivity contribution in [3.05, 3.63) is 181 Å². The van der Waals surface area contributed by atoms with Gasteiger partial charge in [0.1, 0.15) is 6.17 Å². The highest BCUT2D eigenvalue weighted by atomic mass is 32.1. The molecule has 0 saturated heterocycles. The maximum absolute atomic E-state index is 5.28. The summed E-state index contributed by atoms with van der Waals surface area (Å²) in [5.41, 5.74) is 8.99. The molecule has 0 bridgehead atoms. The van der Waals surface area contributed by atoms with Gasteiger partial charge in [-0.2, -0.15) is 4.99 Å². The monoisotopic (exact) mass is 658 g/mol. The van der Waals surface area contributed by atoms with E-state index >= 15 is 0 Å². The van der Waals surface area contributed by atoms with E-state index in [0.29, 0.717) is 5.84 Å². The van der Waals surface area contributed by atoms with Gasteiger partial charge in [0.25, 0.3) is 0 Å². The Morgan fingerprint density at radius 2 is 1.06 bits per heavy atom. The maximum atomic E-state index is 5.28. The van der Waals surface area contributed by atoms with Crippen LogP contribution in [0, 0.1) is 0 Å². The second-order valence-corrected chi connectivity index (χ2v) is 13.7. The van der Waals surface area contributed by atoms with Gasteiger partial charge in [-0.05, 0) is 46.0 Å². The molecule has 1 unspecified atom stereocenters. The summed E-state index contributed by atoms with van der Waals surface area (Å²) in [6.45, 7) is 0. The summed E-state index contributed by atoms with van der Waals surface area (Å²) in [6, 6.07) is 60.2.